The predicted molar refractivity (Wildman–Crippen MR) is 81.2 cm³/mol. The topological polar surface area (TPSA) is 121 Å². The number of nitrogens with zero attached hydrogens (tertiary/aromatic N) is 2. The molecule has 0 bridgehead atoms. The summed E-state index contributed by atoms with van der Waals surface area (Å²) in [6.45, 7) is 2.97. The number of morpholine rings is 1. The number of carbonyl (C=O) groups is 3. The summed E-state index contributed by atoms with van der Waals surface area (Å²) in [4.78, 5) is 40.0. The Morgan fingerprint density at radius 3 is 2.70 bits per heavy atom. The molecule has 0 unspecified atom stereocenters. The second-order valence-corrected chi connectivity index (χ2v) is 5.81. The van der Waals surface area contributed by atoms with E-state index in [0.717, 1.165) is 18.1 Å². The molecule has 1 saturated heterocycles. The summed E-state index contributed by atoms with van der Waals surface area (Å²) >= 11 is 1.39. The van der Waals surface area contributed by atoms with Crippen LogP contribution in [0.25, 0.3) is 0 Å². The molecule has 1 aliphatic heterocycles. The number of carboxylic acids is 1. The molecule has 0 spiro atoms. The van der Waals surface area contributed by atoms with Crippen molar-refractivity contribution in [2.75, 3.05) is 39.4 Å². The maximum atomic E-state index is 11.9. The number of aromatic nitrogens is 1. The molecule has 23 heavy (non-hydrogen) atoms. The molecule has 0 aromatic carbocycles. The third kappa shape index (κ3) is 5.93. The highest BCUT2D eigenvalue weighted by atomic mass is 32.1. The molecule has 1 aliphatic rings. The number of ether oxygens (including phenoxy) is 1. The van der Waals surface area contributed by atoms with Crippen LogP contribution >= 0.6 is 11.3 Å². The summed E-state index contributed by atoms with van der Waals surface area (Å²) in [5.74, 6) is -2.17. The van der Waals surface area contributed by atoms with Gasteiger partial charge in [-0.1, -0.05) is 0 Å². The monoisotopic (exact) mass is 342 g/mol. The van der Waals surface area contributed by atoms with Gasteiger partial charge in [-0.15, -0.1) is 11.3 Å². The Morgan fingerprint density at radius 2 is 2.00 bits per heavy atom. The SMILES string of the molecule is O=C(O)CNC(=O)CNC(=O)c1csc(CN2CCOCC2)n1. The van der Waals surface area contributed by atoms with Gasteiger partial charge in [-0.05, 0) is 0 Å². The van der Waals surface area contributed by atoms with Gasteiger partial charge in [0, 0.05) is 18.5 Å². The van der Waals surface area contributed by atoms with Gasteiger partial charge in [0.2, 0.25) is 5.91 Å². The molecule has 0 aliphatic carbocycles. The van der Waals surface area contributed by atoms with Crippen molar-refractivity contribution in [1.82, 2.24) is 20.5 Å². The number of carbonyl (C=O) groups excluding carboxylic acids is 2. The highest BCUT2D eigenvalue weighted by Crippen LogP contribution is 2.13. The lowest BCUT2D eigenvalue weighted by molar-refractivity contribution is -0.137. The second kappa shape index (κ2) is 8.56. The van der Waals surface area contributed by atoms with Crippen molar-refractivity contribution in [3.63, 3.8) is 0 Å². The highest BCUT2D eigenvalue weighted by Gasteiger charge is 2.16. The lowest BCUT2D eigenvalue weighted by Crippen LogP contribution is -2.39. The standard InChI is InChI=1S/C13H18N4O5S/c18-10(14-6-12(19)20)5-15-13(21)9-8-23-11(16-9)7-17-1-3-22-4-2-17/h8H,1-7H2,(H,14,18)(H,15,21)(H,19,20). The number of thiazole rings is 1. The van der Waals surface area contributed by atoms with Crippen molar-refractivity contribution in [3.8, 4) is 0 Å². The van der Waals surface area contributed by atoms with Crippen LogP contribution in [0.15, 0.2) is 5.38 Å². The molecular formula is C13H18N4O5S. The Kier molecular flexibility index (Phi) is 6.44. The predicted octanol–water partition coefficient (Wildman–Crippen LogP) is -1.09. The van der Waals surface area contributed by atoms with Crippen molar-refractivity contribution in [2.45, 2.75) is 6.54 Å². The smallest absolute Gasteiger partial charge is 0.322 e. The van der Waals surface area contributed by atoms with Crippen molar-refractivity contribution in [1.29, 1.82) is 0 Å². The first-order chi connectivity index (χ1) is 11.0. The maximum Gasteiger partial charge on any atom is 0.322 e. The van der Waals surface area contributed by atoms with Crippen LogP contribution in [0.4, 0.5) is 0 Å². The van der Waals surface area contributed by atoms with Crippen LogP contribution in [0.3, 0.4) is 0 Å². The average Bonchev–Trinajstić information content (AvgIpc) is 3.00. The van der Waals surface area contributed by atoms with Gasteiger partial charge in [0.25, 0.3) is 5.91 Å². The second-order valence-electron chi connectivity index (χ2n) is 4.87. The Hall–Kier alpha value is -2.04. The lowest BCUT2D eigenvalue weighted by atomic mass is 10.4. The first-order valence-electron chi connectivity index (χ1n) is 7.06. The fraction of sp³-hybridized carbons (Fsp3) is 0.538. The molecule has 0 saturated carbocycles. The molecule has 3 N–H and O–H groups in total. The van der Waals surface area contributed by atoms with E-state index in [0.29, 0.717) is 19.8 Å². The summed E-state index contributed by atoms with van der Waals surface area (Å²) in [7, 11) is 0. The van der Waals surface area contributed by atoms with E-state index >= 15 is 0 Å². The average molecular weight is 342 g/mol. The summed E-state index contributed by atoms with van der Waals surface area (Å²) in [6.07, 6.45) is 0. The van der Waals surface area contributed by atoms with E-state index in [1.165, 1.54) is 11.3 Å². The van der Waals surface area contributed by atoms with Crippen molar-refractivity contribution in [2.24, 2.45) is 0 Å². The quantitative estimate of drug-likeness (QED) is 0.575. The van der Waals surface area contributed by atoms with Crippen molar-refractivity contribution >= 4 is 29.1 Å². The van der Waals surface area contributed by atoms with Crippen LogP contribution < -0.4 is 10.6 Å². The fourth-order valence-corrected chi connectivity index (χ4v) is 2.74. The number of rotatable bonds is 7. The van der Waals surface area contributed by atoms with Gasteiger partial charge < -0.3 is 20.5 Å². The zero-order valence-corrected chi connectivity index (χ0v) is 13.2. The summed E-state index contributed by atoms with van der Waals surface area (Å²) in [6, 6.07) is 0. The van der Waals surface area contributed by atoms with Crippen molar-refractivity contribution < 1.29 is 24.2 Å². The Bertz CT molecular complexity index is 570. The summed E-state index contributed by atoms with van der Waals surface area (Å²) in [5.41, 5.74) is 0.254. The van der Waals surface area contributed by atoms with Gasteiger partial charge >= 0.3 is 5.97 Å². The number of nitrogens with one attached hydrogen (secondary N) is 2. The van der Waals surface area contributed by atoms with E-state index in [2.05, 4.69) is 20.5 Å². The van der Waals surface area contributed by atoms with Gasteiger partial charge in [0.1, 0.15) is 17.2 Å². The zero-order valence-electron chi connectivity index (χ0n) is 12.4. The van der Waals surface area contributed by atoms with Gasteiger partial charge in [0.15, 0.2) is 0 Å². The van der Waals surface area contributed by atoms with Crippen LogP contribution in [-0.2, 0) is 20.9 Å². The molecule has 2 amide bonds. The van der Waals surface area contributed by atoms with E-state index in [1.54, 1.807) is 5.38 Å². The molecule has 2 heterocycles. The van der Waals surface area contributed by atoms with Crippen LogP contribution in [0.5, 0.6) is 0 Å². The van der Waals surface area contributed by atoms with Gasteiger partial charge in [-0.3, -0.25) is 19.3 Å². The third-order valence-corrected chi connectivity index (χ3v) is 3.93. The molecule has 10 heteroatoms. The minimum absolute atomic E-state index is 0.254. The molecule has 9 nitrogen and oxygen atoms in total. The van der Waals surface area contributed by atoms with E-state index in [1.807, 2.05) is 0 Å². The molecule has 1 aromatic rings. The van der Waals surface area contributed by atoms with Gasteiger partial charge in [-0.2, -0.15) is 0 Å². The molecule has 0 radical (unpaired) electrons. The molecule has 126 valence electrons. The Balaban J connectivity index is 1.76. The van der Waals surface area contributed by atoms with E-state index in [9.17, 15) is 14.4 Å². The van der Waals surface area contributed by atoms with E-state index in [4.69, 9.17) is 9.84 Å². The van der Waals surface area contributed by atoms with Gasteiger partial charge in [-0.25, -0.2) is 4.98 Å². The van der Waals surface area contributed by atoms with Crippen molar-refractivity contribution in [3.05, 3.63) is 16.1 Å². The summed E-state index contributed by atoms with van der Waals surface area (Å²) in [5, 5.41) is 15.5. The number of aliphatic carboxylic acids is 1. The largest absolute Gasteiger partial charge is 0.480 e. The van der Waals surface area contributed by atoms with Crippen LogP contribution in [0.1, 0.15) is 15.5 Å². The molecule has 2 rings (SSSR count). The normalized spacial score (nSPS) is 15.1. The minimum Gasteiger partial charge on any atom is -0.480 e. The first-order valence-corrected chi connectivity index (χ1v) is 7.94. The van der Waals surface area contributed by atoms with E-state index < -0.39 is 24.3 Å². The molecule has 1 aromatic heterocycles. The Morgan fingerprint density at radius 1 is 1.26 bits per heavy atom. The zero-order chi connectivity index (χ0) is 16.7. The fourth-order valence-electron chi connectivity index (χ4n) is 1.93. The minimum atomic E-state index is -1.14. The number of hydrogen-bond acceptors (Lipinski definition) is 7. The van der Waals surface area contributed by atoms with E-state index in [-0.39, 0.29) is 12.2 Å². The van der Waals surface area contributed by atoms with Gasteiger partial charge in [0.05, 0.1) is 26.3 Å². The molecule has 0 atom stereocenters. The van der Waals surface area contributed by atoms with Crippen LogP contribution in [0, 0.1) is 0 Å². The maximum absolute atomic E-state index is 11.9. The lowest BCUT2D eigenvalue weighted by Gasteiger charge is -2.25. The number of hydrogen-bond donors (Lipinski definition) is 3. The molecular weight excluding hydrogens is 324 g/mol. The number of carboxylic acid groups (broad SMARTS) is 1. The van der Waals surface area contributed by atoms with Crippen LogP contribution in [0.2, 0.25) is 0 Å². The third-order valence-electron chi connectivity index (χ3n) is 3.09. The highest BCUT2D eigenvalue weighted by molar-refractivity contribution is 7.09. The Labute approximate surface area is 136 Å². The molecule has 1 fully saturated rings. The summed E-state index contributed by atoms with van der Waals surface area (Å²) < 4.78 is 5.27. The van der Waals surface area contributed by atoms with Crippen LogP contribution in [-0.4, -0.2) is 72.2 Å². The number of amides is 2. The first kappa shape index (κ1) is 17.3.